The fourth-order valence-corrected chi connectivity index (χ4v) is 2.85. The Morgan fingerprint density at radius 1 is 0.833 bits per heavy atom. The summed E-state index contributed by atoms with van der Waals surface area (Å²) in [5, 5.41) is 4.16. The van der Waals surface area contributed by atoms with Crippen LogP contribution in [0, 0.1) is 0 Å². The van der Waals surface area contributed by atoms with Crippen molar-refractivity contribution in [3.05, 3.63) is 74.4 Å². The Bertz CT molecular complexity index is 900. The molecule has 0 saturated carbocycles. The van der Waals surface area contributed by atoms with Crippen LogP contribution in [0.15, 0.2) is 52.9 Å². The summed E-state index contributed by atoms with van der Waals surface area (Å²) in [6.45, 7) is 0. The van der Waals surface area contributed by atoms with E-state index < -0.39 is 5.91 Å². The van der Waals surface area contributed by atoms with Crippen LogP contribution in [0.1, 0.15) is 10.6 Å². The molecule has 2 aromatic carbocycles. The van der Waals surface area contributed by atoms with E-state index in [9.17, 15) is 4.79 Å². The van der Waals surface area contributed by atoms with E-state index >= 15 is 0 Å². The third-order valence-electron chi connectivity index (χ3n) is 3.24. The van der Waals surface area contributed by atoms with Gasteiger partial charge in [-0.05, 0) is 42.5 Å². The van der Waals surface area contributed by atoms with Crippen LogP contribution in [0.3, 0.4) is 0 Å². The highest BCUT2D eigenvalue weighted by Crippen LogP contribution is 2.32. The number of hydrogen-bond acceptors (Lipinski definition) is 2. The standard InChI is InChI=1S/C17H9Cl4NO2/c18-10-5-4-9(8-13(10)21)14-6-7-15(24-14)17(23)22-16-11(19)2-1-3-12(16)20/h1-8H,(H,22,23). The predicted molar refractivity (Wildman–Crippen MR) is 98.6 cm³/mol. The van der Waals surface area contributed by atoms with Gasteiger partial charge in [0.1, 0.15) is 5.76 Å². The number of anilines is 1. The summed E-state index contributed by atoms with van der Waals surface area (Å²) < 4.78 is 5.58. The summed E-state index contributed by atoms with van der Waals surface area (Å²) in [7, 11) is 0. The number of halogens is 4. The Labute approximate surface area is 158 Å². The second-order valence-electron chi connectivity index (χ2n) is 4.84. The Morgan fingerprint density at radius 3 is 2.21 bits per heavy atom. The van der Waals surface area contributed by atoms with E-state index in [1.54, 1.807) is 48.5 Å². The predicted octanol–water partition coefficient (Wildman–Crippen LogP) is 6.81. The highest BCUT2D eigenvalue weighted by molar-refractivity contribution is 6.42. The fraction of sp³-hybridized carbons (Fsp3) is 0. The number of carbonyl (C=O) groups is 1. The van der Waals surface area contributed by atoms with Gasteiger partial charge < -0.3 is 9.73 Å². The lowest BCUT2D eigenvalue weighted by Gasteiger charge is -2.07. The number of nitrogens with one attached hydrogen (secondary N) is 1. The van der Waals surface area contributed by atoms with E-state index in [1.165, 1.54) is 0 Å². The summed E-state index contributed by atoms with van der Waals surface area (Å²) in [5.74, 6) is 0.146. The first-order valence-electron chi connectivity index (χ1n) is 6.76. The van der Waals surface area contributed by atoms with E-state index in [1.807, 2.05) is 0 Å². The molecule has 3 rings (SSSR count). The maximum absolute atomic E-state index is 12.3. The van der Waals surface area contributed by atoms with Gasteiger partial charge in [-0.15, -0.1) is 0 Å². The zero-order valence-corrected chi connectivity index (χ0v) is 15.0. The van der Waals surface area contributed by atoms with Crippen molar-refractivity contribution in [1.82, 2.24) is 0 Å². The van der Waals surface area contributed by atoms with E-state index in [0.717, 1.165) is 0 Å². The average molecular weight is 401 g/mol. The Kier molecular flexibility index (Phi) is 5.07. The summed E-state index contributed by atoms with van der Waals surface area (Å²) in [5.41, 5.74) is 1.04. The molecule has 0 aliphatic carbocycles. The van der Waals surface area contributed by atoms with Crippen molar-refractivity contribution in [3.8, 4) is 11.3 Å². The topological polar surface area (TPSA) is 42.2 Å². The molecule has 0 aliphatic rings. The monoisotopic (exact) mass is 399 g/mol. The quantitative estimate of drug-likeness (QED) is 0.524. The van der Waals surface area contributed by atoms with Crippen molar-refractivity contribution >= 4 is 58.0 Å². The van der Waals surface area contributed by atoms with Crippen LogP contribution in [0.2, 0.25) is 20.1 Å². The number of rotatable bonds is 3. The largest absolute Gasteiger partial charge is 0.451 e. The first-order valence-corrected chi connectivity index (χ1v) is 8.27. The van der Waals surface area contributed by atoms with Gasteiger partial charge in [-0.3, -0.25) is 4.79 Å². The van der Waals surface area contributed by atoms with E-state index in [2.05, 4.69) is 5.32 Å². The molecular formula is C17H9Cl4NO2. The molecule has 3 aromatic rings. The molecule has 0 saturated heterocycles. The molecule has 0 aliphatic heterocycles. The molecule has 1 heterocycles. The van der Waals surface area contributed by atoms with Gasteiger partial charge in [0, 0.05) is 5.56 Å². The van der Waals surface area contributed by atoms with E-state index in [-0.39, 0.29) is 5.76 Å². The van der Waals surface area contributed by atoms with Gasteiger partial charge >= 0.3 is 0 Å². The molecule has 0 unspecified atom stereocenters. The second-order valence-corrected chi connectivity index (χ2v) is 6.47. The maximum atomic E-state index is 12.3. The number of benzene rings is 2. The molecule has 0 bridgehead atoms. The first-order chi connectivity index (χ1) is 11.5. The lowest BCUT2D eigenvalue weighted by Crippen LogP contribution is -2.11. The molecule has 0 spiro atoms. The molecule has 0 fully saturated rings. The first kappa shape index (κ1) is 17.2. The molecule has 1 amide bonds. The molecular weight excluding hydrogens is 392 g/mol. The van der Waals surface area contributed by atoms with Crippen molar-refractivity contribution in [2.45, 2.75) is 0 Å². The average Bonchev–Trinajstić information content (AvgIpc) is 3.03. The van der Waals surface area contributed by atoms with Crippen LogP contribution >= 0.6 is 46.4 Å². The molecule has 3 nitrogen and oxygen atoms in total. The molecule has 24 heavy (non-hydrogen) atoms. The van der Waals surface area contributed by atoms with Crippen LogP contribution in [0.25, 0.3) is 11.3 Å². The minimum atomic E-state index is -0.462. The van der Waals surface area contributed by atoms with Crippen LogP contribution in [-0.4, -0.2) is 5.91 Å². The van der Waals surface area contributed by atoms with Crippen LogP contribution < -0.4 is 5.32 Å². The lowest BCUT2D eigenvalue weighted by atomic mass is 10.2. The highest BCUT2D eigenvalue weighted by atomic mass is 35.5. The van der Waals surface area contributed by atoms with Gasteiger partial charge in [-0.1, -0.05) is 52.5 Å². The van der Waals surface area contributed by atoms with E-state index in [0.29, 0.717) is 37.1 Å². The molecule has 122 valence electrons. The lowest BCUT2D eigenvalue weighted by molar-refractivity contribution is 0.0997. The highest BCUT2D eigenvalue weighted by Gasteiger charge is 2.16. The van der Waals surface area contributed by atoms with Crippen LogP contribution in [0.4, 0.5) is 5.69 Å². The van der Waals surface area contributed by atoms with Crippen molar-refractivity contribution < 1.29 is 9.21 Å². The summed E-state index contributed by atoms with van der Waals surface area (Å²) in [6.07, 6.45) is 0. The van der Waals surface area contributed by atoms with Gasteiger partial charge in [0.05, 0.1) is 25.8 Å². The molecule has 1 aromatic heterocycles. The van der Waals surface area contributed by atoms with Crippen molar-refractivity contribution in [3.63, 3.8) is 0 Å². The van der Waals surface area contributed by atoms with Gasteiger partial charge in [0.15, 0.2) is 5.76 Å². The summed E-state index contributed by atoms with van der Waals surface area (Å²) in [6, 6.07) is 13.2. The minimum absolute atomic E-state index is 0.118. The van der Waals surface area contributed by atoms with Crippen molar-refractivity contribution in [2.24, 2.45) is 0 Å². The summed E-state index contributed by atoms with van der Waals surface area (Å²) in [4.78, 5) is 12.3. The van der Waals surface area contributed by atoms with Gasteiger partial charge in [0.25, 0.3) is 5.91 Å². The maximum Gasteiger partial charge on any atom is 0.291 e. The van der Waals surface area contributed by atoms with Crippen molar-refractivity contribution in [2.75, 3.05) is 5.32 Å². The molecule has 1 N–H and O–H groups in total. The molecule has 7 heteroatoms. The smallest absolute Gasteiger partial charge is 0.291 e. The van der Waals surface area contributed by atoms with Gasteiger partial charge in [-0.2, -0.15) is 0 Å². The number of furan rings is 1. The Morgan fingerprint density at radius 2 is 1.54 bits per heavy atom. The molecule has 0 radical (unpaired) electrons. The normalized spacial score (nSPS) is 10.7. The number of carbonyl (C=O) groups excluding carboxylic acids is 1. The summed E-state index contributed by atoms with van der Waals surface area (Å²) >= 11 is 24.0. The SMILES string of the molecule is O=C(Nc1c(Cl)cccc1Cl)c1ccc(-c2ccc(Cl)c(Cl)c2)o1. The van der Waals surface area contributed by atoms with Crippen LogP contribution in [-0.2, 0) is 0 Å². The van der Waals surface area contributed by atoms with Crippen molar-refractivity contribution in [1.29, 1.82) is 0 Å². The van der Waals surface area contributed by atoms with Gasteiger partial charge in [-0.25, -0.2) is 0 Å². The molecule has 0 atom stereocenters. The van der Waals surface area contributed by atoms with Gasteiger partial charge in [0.2, 0.25) is 0 Å². The number of hydrogen-bond donors (Lipinski definition) is 1. The third-order valence-corrected chi connectivity index (χ3v) is 4.60. The fourth-order valence-electron chi connectivity index (χ4n) is 2.06. The zero-order chi connectivity index (χ0) is 17.3. The van der Waals surface area contributed by atoms with Crippen LogP contribution in [0.5, 0.6) is 0 Å². The van der Waals surface area contributed by atoms with E-state index in [4.69, 9.17) is 50.8 Å². The Balaban J connectivity index is 1.85. The zero-order valence-electron chi connectivity index (χ0n) is 11.9. The Hall–Kier alpha value is -1.65. The second kappa shape index (κ2) is 7.08. The third kappa shape index (κ3) is 3.55. The number of amides is 1. The minimum Gasteiger partial charge on any atom is -0.451 e. The number of para-hydroxylation sites is 1.